The lowest BCUT2D eigenvalue weighted by molar-refractivity contribution is -0.141. The predicted octanol–water partition coefficient (Wildman–Crippen LogP) is 0.285. The van der Waals surface area contributed by atoms with Gasteiger partial charge in [0, 0.05) is 13.1 Å². The van der Waals surface area contributed by atoms with Gasteiger partial charge in [0.2, 0.25) is 0 Å². The zero-order valence-corrected chi connectivity index (χ0v) is 9.26. The van der Waals surface area contributed by atoms with Gasteiger partial charge in [-0.3, -0.25) is 9.59 Å². The maximum Gasteiger partial charge on any atom is 0.308 e. The average Bonchev–Trinajstić information content (AvgIpc) is 2.97. The van der Waals surface area contributed by atoms with Gasteiger partial charge in [0.15, 0.2) is 5.76 Å². The molecular weight excluding hydrogens is 224 g/mol. The number of aliphatic carboxylic acids is 1. The molecule has 17 heavy (non-hydrogen) atoms. The molecule has 3 N–H and O–H groups in total. The van der Waals surface area contributed by atoms with Crippen molar-refractivity contribution in [3.63, 3.8) is 0 Å². The second kappa shape index (κ2) is 4.58. The molecule has 0 radical (unpaired) electrons. The second-order valence-corrected chi connectivity index (χ2v) is 4.05. The van der Waals surface area contributed by atoms with Crippen LogP contribution in [0.1, 0.15) is 22.7 Å². The fourth-order valence-electron chi connectivity index (χ4n) is 1.90. The van der Waals surface area contributed by atoms with Crippen molar-refractivity contribution < 1.29 is 19.1 Å². The molecule has 1 unspecified atom stereocenters. The largest absolute Gasteiger partial charge is 0.481 e. The molecule has 1 atom stereocenters. The molecule has 1 amide bonds. The monoisotopic (exact) mass is 238 g/mol. The van der Waals surface area contributed by atoms with E-state index in [0.29, 0.717) is 18.7 Å². The summed E-state index contributed by atoms with van der Waals surface area (Å²) in [6, 6.07) is 3.22. The first-order valence-electron chi connectivity index (χ1n) is 5.42. The molecule has 0 aliphatic carbocycles. The Morgan fingerprint density at radius 2 is 2.29 bits per heavy atom. The third-order valence-corrected chi connectivity index (χ3v) is 2.90. The molecule has 0 bridgehead atoms. The first-order chi connectivity index (χ1) is 8.11. The summed E-state index contributed by atoms with van der Waals surface area (Å²) >= 11 is 0. The molecule has 1 fully saturated rings. The summed E-state index contributed by atoms with van der Waals surface area (Å²) in [5.74, 6) is -0.836. The molecule has 1 aliphatic rings. The first-order valence-corrected chi connectivity index (χ1v) is 5.42. The van der Waals surface area contributed by atoms with Crippen molar-refractivity contribution >= 4 is 11.9 Å². The minimum absolute atomic E-state index is 0.219. The Kier molecular flexibility index (Phi) is 3.14. The van der Waals surface area contributed by atoms with Crippen molar-refractivity contribution in [1.29, 1.82) is 0 Å². The Labute approximate surface area is 98.0 Å². The van der Waals surface area contributed by atoms with Crippen molar-refractivity contribution in [2.24, 2.45) is 11.7 Å². The Bertz CT molecular complexity index is 440. The van der Waals surface area contributed by atoms with E-state index in [9.17, 15) is 9.59 Å². The molecular formula is C11H14N2O4. The van der Waals surface area contributed by atoms with Gasteiger partial charge in [-0.05, 0) is 18.6 Å². The van der Waals surface area contributed by atoms with E-state index in [1.165, 1.54) is 4.90 Å². The molecule has 0 saturated carbocycles. The number of rotatable bonds is 3. The van der Waals surface area contributed by atoms with Gasteiger partial charge in [0.1, 0.15) is 5.76 Å². The number of amides is 1. The van der Waals surface area contributed by atoms with Crippen molar-refractivity contribution in [3.05, 3.63) is 23.7 Å². The van der Waals surface area contributed by atoms with Gasteiger partial charge < -0.3 is 20.2 Å². The Morgan fingerprint density at radius 1 is 1.53 bits per heavy atom. The maximum absolute atomic E-state index is 11.9. The molecule has 0 spiro atoms. The van der Waals surface area contributed by atoms with Gasteiger partial charge in [-0.15, -0.1) is 0 Å². The highest BCUT2D eigenvalue weighted by Gasteiger charge is 2.32. The summed E-state index contributed by atoms with van der Waals surface area (Å²) in [5.41, 5.74) is 5.38. The van der Waals surface area contributed by atoms with Crippen LogP contribution in [0.5, 0.6) is 0 Å². The van der Waals surface area contributed by atoms with Crippen LogP contribution in [0.2, 0.25) is 0 Å². The fraction of sp³-hybridized carbons (Fsp3) is 0.455. The smallest absolute Gasteiger partial charge is 0.308 e. The van der Waals surface area contributed by atoms with Crippen LogP contribution in [0.15, 0.2) is 16.5 Å². The van der Waals surface area contributed by atoms with Crippen LogP contribution in [-0.4, -0.2) is 35.0 Å². The summed E-state index contributed by atoms with van der Waals surface area (Å²) in [6.45, 7) is 0.937. The van der Waals surface area contributed by atoms with Gasteiger partial charge >= 0.3 is 5.97 Å². The molecule has 2 rings (SSSR count). The average molecular weight is 238 g/mol. The molecule has 92 valence electrons. The van der Waals surface area contributed by atoms with Gasteiger partial charge in [0.05, 0.1) is 12.5 Å². The van der Waals surface area contributed by atoms with E-state index in [-0.39, 0.29) is 24.8 Å². The van der Waals surface area contributed by atoms with Crippen LogP contribution in [0.3, 0.4) is 0 Å². The molecule has 1 aliphatic heterocycles. The minimum Gasteiger partial charge on any atom is -0.481 e. The standard InChI is InChI=1S/C11H14N2O4/c12-5-8-1-2-9(17-8)10(14)13-4-3-7(6-13)11(15)16/h1-2,7H,3-6,12H2,(H,15,16). The number of carboxylic acid groups (broad SMARTS) is 1. The van der Waals surface area contributed by atoms with Crippen LogP contribution in [-0.2, 0) is 11.3 Å². The van der Waals surface area contributed by atoms with E-state index in [0.717, 1.165) is 0 Å². The van der Waals surface area contributed by atoms with E-state index >= 15 is 0 Å². The lowest BCUT2D eigenvalue weighted by Crippen LogP contribution is -2.29. The van der Waals surface area contributed by atoms with Gasteiger partial charge in [0.25, 0.3) is 5.91 Å². The van der Waals surface area contributed by atoms with E-state index < -0.39 is 11.9 Å². The maximum atomic E-state index is 11.9. The molecule has 2 heterocycles. The third kappa shape index (κ3) is 2.31. The molecule has 6 heteroatoms. The quantitative estimate of drug-likeness (QED) is 0.788. The first kappa shape index (κ1) is 11.7. The number of nitrogens with zero attached hydrogens (tertiary/aromatic N) is 1. The molecule has 1 aromatic heterocycles. The zero-order valence-electron chi connectivity index (χ0n) is 9.26. The fourth-order valence-corrected chi connectivity index (χ4v) is 1.90. The van der Waals surface area contributed by atoms with Crippen LogP contribution in [0, 0.1) is 5.92 Å². The van der Waals surface area contributed by atoms with Gasteiger partial charge in [-0.2, -0.15) is 0 Å². The van der Waals surface area contributed by atoms with Crippen LogP contribution >= 0.6 is 0 Å². The van der Waals surface area contributed by atoms with Gasteiger partial charge in [-0.25, -0.2) is 0 Å². The van der Waals surface area contributed by atoms with Crippen LogP contribution < -0.4 is 5.73 Å². The number of nitrogens with two attached hydrogens (primary N) is 1. The Hall–Kier alpha value is -1.82. The van der Waals surface area contributed by atoms with E-state index in [1.54, 1.807) is 12.1 Å². The molecule has 0 aromatic carbocycles. The molecule has 1 saturated heterocycles. The van der Waals surface area contributed by atoms with Crippen molar-refractivity contribution in [2.75, 3.05) is 13.1 Å². The highest BCUT2D eigenvalue weighted by Crippen LogP contribution is 2.19. The number of carboxylic acids is 1. The highest BCUT2D eigenvalue weighted by atomic mass is 16.4. The molecule has 1 aromatic rings. The van der Waals surface area contributed by atoms with E-state index in [2.05, 4.69) is 0 Å². The number of furan rings is 1. The van der Waals surface area contributed by atoms with Crippen molar-refractivity contribution in [1.82, 2.24) is 4.90 Å². The number of carbonyl (C=O) groups excluding carboxylic acids is 1. The lowest BCUT2D eigenvalue weighted by Gasteiger charge is -2.13. The topological polar surface area (TPSA) is 96.8 Å². The lowest BCUT2D eigenvalue weighted by atomic mass is 10.1. The Balaban J connectivity index is 2.04. The highest BCUT2D eigenvalue weighted by molar-refractivity contribution is 5.92. The predicted molar refractivity (Wildman–Crippen MR) is 58.2 cm³/mol. The van der Waals surface area contributed by atoms with Crippen LogP contribution in [0.25, 0.3) is 0 Å². The van der Waals surface area contributed by atoms with Crippen molar-refractivity contribution in [3.8, 4) is 0 Å². The molecule has 6 nitrogen and oxygen atoms in total. The summed E-state index contributed by atoms with van der Waals surface area (Å²) in [4.78, 5) is 24.2. The van der Waals surface area contributed by atoms with Crippen LogP contribution in [0.4, 0.5) is 0 Å². The Morgan fingerprint density at radius 3 is 2.82 bits per heavy atom. The number of hydrogen-bond acceptors (Lipinski definition) is 4. The third-order valence-electron chi connectivity index (χ3n) is 2.90. The normalized spacial score (nSPS) is 19.6. The zero-order chi connectivity index (χ0) is 12.4. The number of hydrogen-bond donors (Lipinski definition) is 2. The number of likely N-dealkylation sites (tertiary alicyclic amines) is 1. The van der Waals surface area contributed by atoms with Gasteiger partial charge in [-0.1, -0.05) is 0 Å². The summed E-state index contributed by atoms with van der Waals surface area (Å²) < 4.78 is 5.24. The van der Waals surface area contributed by atoms with E-state index in [1.807, 2.05) is 0 Å². The SMILES string of the molecule is NCc1ccc(C(=O)N2CCC(C(=O)O)C2)o1. The van der Waals surface area contributed by atoms with E-state index in [4.69, 9.17) is 15.3 Å². The summed E-state index contributed by atoms with van der Waals surface area (Å²) in [5, 5.41) is 8.85. The van der Waals surface area contributed by atoms with Crippen molar-refractivity contribution in [2.45, 2.75) is 13.0 Å². The summed E-state index contributed by atoms with van der Waals surface area (Å²) in [7, 11) is 0. The summed E-state index contributed by atoms with van der Waals surface area (Å²) in [6.07, 6.45) is 0.492. The number of carbonyl (C=O) groups is 2. The second-order valence-electron chi connectivity index (χ2n) is 4.05. The minimum atomic E-state index is -0.859.